The van der Waals surface area contributed by atoms with E-state index >= 15 is 0 Å². The van der Waals surface area contributed by atoms with E-state index in [4.69, 9.17) is 5.73 Å². The summed E-state index contributed by atoms with van der Waals surface area (Å²) in [6.07, 6.45) is 6.20. The summed E-state index contributed by atoms with van der Waals surface area (Å²) < 4.78 is 29.7. The third-order valence-electron chi connectivity index (χ3n) is 7.41. The molecule has 2 aromatic carbocycles. The number of nitrogens with zero attached hydrogens (tertiary/aromatic N) is 1. The minimum atomic E-state index is -2.92. The average Bonchev–Trinajstić information content (AvgIpc) is 2.95. The summed E-state index contributed by atoms with van der Waals surface area (Å²) in [5.41, 5.74) is 6.88. The summed E-state index contributed by atoms with van der Waals surface area (Å²) in [4.78, 5) is 28.5. The van der Waals surface area contributed by atoms with Crippen LogP contribution >= 0.6 is 0 Å². The zero-order chi connectivity index (χ0) is 29.8. The standard InChI is InChI=1S/C32H41F2N3O4/c1-3-16-37(17-4-2)29(39)25-13-9-15-32(20-25,30(35)40)27(19-23-10-6-5-7-11-23)28(38)22-36-21-24-12-8-14-26(18-24)41-31(33)34/h5-15,18,27-28,31,36,38H,3-4,16-17,19-22H2,1-2H3,(H2,35,40)/t27-,28+,32?/m1/s1. The monoisotopic (exact) mass is 569 g/mol. The van der Waals surface area contributed by atoms with Crippen LogP contribution in [0.2, 0.25) is 0 Å². The first-order valence-corrected chi connectivity index (χ1v) is 14.1. The van der Waals surface area contributed by atoms with Crippen LogP contribution in [0, 0.1) is 11.3 Å². The molecule has 0 aliphatic heterocycles. The van der Waals surface area contributed by atoms with Gasteiger partial charge in [0.25, 0.3) is 0 Å². The van der Waals surface area contributed by atoms with Gasteiger partial charge in [-0.15, -0.1) is 0 Å². The molecule has 0 radical (unpaired) electrons. The molecule has 222 valence electrons. The van der Waals surface area contributed by atoms with Crippen molar-refractivity contribution in [2.45, 2.75) is 58.8 Å². The van der Waals surface area contributed by atoms with Crippen LogP contribution in [-0.2, 0) is 22.6 Å². The lowest BCUT2D eigenvalue weighted by Gasteiger charge is -2.41. The lowest BCUT2D eigenvalue weighted by molar-refractivity contribution is -0.132. The molecule has 4 N–H and O–H groups in total. The van der Waals surface area contributed by atoms with Crippen LogP contribution in [0.4, 0.5) is 8.78 Å². The van der Waals surface area contributed by atoms with Crippen LogP contribution in [0.5, 0.6) is 5.75 Å². The van der Waals surface area contributed by atoms with Gasteiger partial charge in [0.05, 0.1) is 11.5 Å². The van der Waals surface area contributed by atoms with Crippen molar-refractivity contribution >= 4 is 11.8 Å². The number of rotatable bonds is 16. The van der Waals surface area contributed by atoms with Gasteiger partial charge in [0.1, 0.15) is 5.75 Å². The fourth-order valence-corrected chi connectivity index (χ4v) is 5.45. The Morgan fingerprint density at radius 3 is 2.39 bits per heavy atom. The Kier molecular flexibility index (Phi) is 12.0. The highest BCUT2D eigenvalue weighted by Crippen LogP contribution is 2.43. The maximum atomic E-state index is 13.5. The Labute approximate surface area is 241 Å². The summed E-state index contributed by atoms with van der Waals surface area (Å²) in [5, 5.41) is 14.7. The molecule has 1 aliphatic rings. The summed E-state index contributed by atoms with van der Waals surface area (Å²) in [7, 11) is 0. The number of benzene rings is 2. The predicted molar refractivity (Wildman–Crippen MR) is 155 cm³/mol. The number of aliphatic hydroxyl groups excluding tert-OH is 1. The number of amides is 2. The topological polar surface area (TPSA) is 105 Å². The van der Waals surface area contributed by atoms with E-state index in [1.165, 1.54) is 12.1 Å². The molecule has 0 heterocycles. The highest BCUT2D eigenvalue weighted by atomic mass is 19.3. The number of alkyl halides is 2. The van der Waals surface area contributed by atoms with Crippen molar-refractivity contribution in [3.8, 4) is 5.75 Å². The zero-order valence-corrected chi connectivity index (χ0v) is 23.8. The predicted octanol–water partition coefficient (Wildman–Crippen LogP) is 4.60. The van der Waals surface area contributed by atoms with E-state index in [-0.39, 0.29) is 31.2 Å². The summed E-state index contributed by atoms with van der Waals surface area (Å²) >= 11 is 0. The van der Waals surface area contributed by atoms with Gasteiger partial charge in [-0.1, -0.05) is 74.5 Å². The van der Waals surface area contributed by atoms with E-state index < -0.39 is 30.0 Å². The number of nitrogens with two attached hydrogens (primary N) is 1. The lowest BCUT2D eigenvalue weighted by Crippen LogP contribution is -2.51. The summed E-state index contributed by atoms with van der Waals surface area (Å²) in [5.74, 6) is -1.34. The van der Waals surface area contributed by atoms with Crippen LogP contribution in [0.25, 0.3) is 0 Å². The van der Waals surface area contributed by atoms with Gasteiger partial charge in [0, 0.05) is 37.7 Å². The number of carbonyl (C=O) groups is 2. The Morgan fingerprint density at radius 1 is 1.07 bits per heavy atom. The van der Waals surface area contributed by atoms with Crippen LogP contribution in [0.1, 0.15) is 44.2 Å². The number of allylic oxidation sites excluding steroid dienone is 2. The fourth-order valence-electron chi connectivity index (χ4n) is 5.45. The number of hydrogen-bond acceptors (Lipinski definition) is 5. The van der Waals surface area contributed by atoms with Crippen molar-refractivity contribution in [3.63, 3.8) is 0 Å². The smallest absolute Gasteiger partial charge is 0.387 e. The van der Waals surface area contributed by atoms with Crippen LogP contribution < -0.4 is 15.8 Å². The molecule has 0 spiro atoms. The van der Waals surface area contributed by atoms with Crippen molar-refractivity contribution in [3.05, 3.63) is 89.5 Å². The molecule has 41 heavy (non-hydrogen) atoms. The maximum absolute atomic E-state index is 13.5. The Bertz CT molecular complexity index is 1200. The minimum Gasteiger partial charge on any atom is -0.435 e. The van der Waals surface area contributed by atoms with Crippen molar-refractivity contribution < 1.29 is 28.2 Å². The van der Waals surface area contributed by atoms with Gasteiger partial charge in [-0.3, -0.25) is 9.59 Å². The normalized spacial score (nSPS) is 18.0. The highest BCUT2D eigenvalue weighted by Gasteiger charge is 2.47. The fraction of sp³-hybridized carbons (Fsp3) is 0.438. The summed E-state index contributed by atoms with van der Waals surface area (Å²) in [6.45, 7) is 2.71. The van der Waals surface area contributed by atoms with Crippen molar-refractivity contribution in [1.82, 2.24) is 10.2 Å². The number of primary amides is 1. The van der Waals surface area contributed by atoms with E-state index in [0.717, 1.165) is 18.4 Å². The molecular formula is C32H41F2N3O4. The Balaban J connectivity index is 1.85. The largest absolute Gasteiger partial charge is 0.435 e. The SMILES string of the molecule is CCCN(CCC)C(=O)C1=CC=CC(C(N)=O)([C@H](Cc2ccccc2)[C@@H](O)CNCc2cccc(OC(F)F)c2)C1. The van der Waals surface area contributed by atoms with Gasteiger partial charge in [-0.2, -0.15) is 8.78 Å². The van der Waals surface area contributed by atoms with Gasteiger partial charge < -0.3 is 25.8 Å². The molecule has 1 unspecified atom stereocenters. The van der Waals surface area contributed by atoms with E-state index in [1.54, 1.807) is 35.3 Å². The molecule has 3 atom stereocenters. The second-order valence-corrected chi connectivity index (χ2v) is 10.4. The molecule has 2 amide bonds. The number of aliphatic hydroxyl groups is 1. The van der Waals surface area contributed by atoms with Crippen molar-refractivity contribution in [1.29, 1.82) is 0 Å². The van der Waals surface area contributed by atoms with E-state index in [0.29, 0.717) is 30.6 Å². The van der Waals surface area contributed by atoms with Crippen molar-refractivity contribution in [2.75, 3.05) is 19.6 Å². The first-order valence-electron chi connectivity index (χ1n) is 14.1. The molecular weight excluding hydrogens is 528 g/mol. The second kappa shape index (κ2) is 15.4. The number of halogens is 2. The highest BCUT2D eigenvalue weighted by molar-refractivity contribution is 5.96. The molecule has 0 fully saturated rings. The van der Waals surface area contributed by atoms with Gasteiger partial charge in [-0.05, 0) is 48.9 Å². The number of carbonyl (C=O) groups excluding carboxylic acids is 2. The molecule has 2 aromatic rings. The van der Waals surface area contributed by atoms with Crippen LogP contribution in [0.15, 0.2) is 78.4 Å². The van der Waals surface area contributed by atoms with E-state index in [9.17, 15) is 23.5 Å². The maximum Gasteiger partial charge on any atom is 0.387 e. The van der Waals surface area contributed by atoms with Crippen LogP contribution in [-0.4, -0.2) is 54.2 Å². The van der Waals surface area contributed by atoms with E-state index in [1.807, 2.05) is 44.2 Å². The molecule has 1 aliphatic carbocycles. The number of nitrogens with one attached hydrogen (secondary N) is 1. The third-order valence-corrected chi connectivity index (χ3v) is 7.41. The second-order valence-electron chi connectivity index (χ2n) is 10.4. The van der Waals surface area contributed by atoms with E-state index in [2.05, 4.69) is 10.1 Å². The first-order chi connectivity index (χ1) is 19.7. The Morgan fingerprint density at radius 2 is 1.76 bits per heavy atom. The molecule has 0 saturated heterocycles. The van der Waals surface area contributed by atoms with Gasteiger partial charge >= 0.3 is 6.61 Å². The lowest BCUT2D eigenvalue weighted by atomic mass is 9.64. The quantitative estimate of drug-likeness (QED) is 0.274. The number of ether oxygens (including phenoxy) is 1. The number of hydrogen-bond donors (Lipinski definition) is 3. The molecule has 0 saturated carbocycles. The molecule has 3 rings (SSSR count). The average molecular weight is 570 g/mol. The molecule has 7 nitrogen and oxygen atoms in total. The van der Waals surface area contributed by atoms with Crippen molar-refractivity contribution in [2.24, 2.45) is 17.1 Å². The molecule has 9 heteroatoms. The van der Waals surface area contributed by atoms with Gasteiger partial charge in [0.15, 0.2) is 0 Å². The molecule has 0 bridgehead atoms. The molecule has 0 aromatic heterocycles. The minimum absolute atomic E-state index is 0.0472. The summed E-state index contributed by atoms with van der Waals surface area (Å²) in [6, 6.07) is 15.8. The van der Waals surface area contributed by atoms with Crippen LogP contribution in [0.3, 0.4) is 0 Å². The van der Waals surface area contributed by atoms with Gasteiger partial charge in [0.2, 0.25) is 11.8 Å². The first kappa shape index (κ1) is 32.0. The van der Waals surface area contributed by atoms with Gasteiger partial charge in [-0.25, -0.2) is 0 Å². The zero-order valence-electron chi connectivity index (χ0n) is 23.8. The Hall–Kier alpha value is -3.56. The third kappa shape index (κ3) is 8.71.